The SMILES string of the molecule is O=C(O)n1ncc2c1-c1ccccc1OC21CCNCC1. The van der Waals surface area contributed by atoms with E-state index in [9.17, 15) is 9.90 Å². The average Bonchev–Trinajstić information content (AvgIpc) is 2.95. The number of hydrogen-bond acceptors (Lipinski definition) is 4. The molecule has 0 amide bonds. The predicted octanol–water partition coefficient (Wildman–Crippen LogP) is 2.05. The fraction of sp³-hybridized carbons (Fsp3) is 0.333. The van der Waals surface area contributed by atoms with E-state index in [4.69, 9.17) is 4.74 Å². The van der Waals surface area contributed by atoms with Crippen molar-refractivity contribution >= 4 is 6.09 Å². The quantitative estimate of drug-likeness (QED) is 0.774. The number of nitrogens with zero attached hydrogens (tertiary/aromatic N) is 2. The van der Waals surface area contributed by atoms with Crippen molar-refractivity contribution in [2.45, 2.75) is 18.4 Å². The van der Waals surface area contributed by atoms with Crippen LogP contribution in [0.3, 0.4) is 0 Å². The summed E-state index contributed by atoms with van der Waals surface area (Å²) >= 11 is 0. The van der Waals surface area contributed by atoms with E-state index in [2.05, 4.69) is 10.4 Å². The molecule has 0 saturated carbocycles. The molecule has 0 atom stereocenters. The molecule has 1 aromatic carbocycles. The fourth-order valence-electron chi connectivity index (χ4n) is 3.30. The molecule has 6 nitrogen and oxygen atoms in total. The molecule has 2 aromatic rings. The van der Waals surface area contributed by atoms with Crippen LogP contribution >= 0.6 is 0 Å². The van der Waals surface area contributed by atoms with E-state index in [0.717, 1.165) is 47.5 Å². The molecular formula is C15H15N3O3. The highest BCUT2D eigenvalue weighted by molar-refractivity contribution is 5.81. The van der Waals surface area contributed by atoms with E-state index in [1.165, 1.54) is 0 Å². The number of rotatable bonds is 0. The highest BCUT2D eigenvalue weighted by atomic mass is 16.5. The molecule has 0 radical (unpaired) electrons. The van der Waals surface area contributed by atoms with Crippen molar-refractivity contribution in [3.63, 3.8) is 0 Å². The molecule has 2 aliphatic heterocycles. The zero-order valence-corrected chi connectivity index (χ0v) is 11.4. The summed E-state index contributed by atoms with van der Waals surface area (Å²) in [6.07, 6.45) is 2.18. The standard InChI is InChI=1S/C15H15N3O3/c19-14(20)18-13-10-3-1-2-4-12(10)21-15(11(13)9-17-18)5-7-16-8-6-15/h1-4,9,16H,5-8H2,(H,19,20). The molecule has 2 aliphatic rings. The highest BCUT2D eigenvalue weighted by Crippen LogP contribution is 2.48. The van der Waals surface area contributed by atoms with Gasteiger partial charge in [-0.25, -0.2) is 4.79 Å². The molecule has 1 aromatic heterocycles. The summed E-state index contributed by atoms with van der Waals surface area (Å²) in [5, 5.41) is 16.8. The Balaban J connectivity index is 1.98. The first-order valence-corrected chi connectivity index (χ1v) is 7.02. The number of piperidine rings is 1. The maximum absolute atomic E-state index is 11.5. The zero-order chi connectivity index (χ0) is 14.4. The summed E-state index contributed by atoms with van der Waals surface area (Å²) < 4.78 is 7.35. The summed E-state index contributed by atoms with van der Waals surface area (Å²) in [5.41, 5.74) is 1.84. The van der Waals surface area contributed by atoms with Crippen LogP contribution in [0.5, 0.6) is 5.75 Å². The van der Waals surface area contributed by atoms with Gasteiger partial charge in [0, 0.05) is 24.0 Å². The number of benzene rings is 1. The van der Waals surface area contributed by atoms with E-state index < -0.39 is 11.7 Å². The van der Waals surface area contributed by atoms with Crippen molar-refractivity contribution in [1.29, 1.82) is 0 Å². The zero-order valence-electron chi connectivity index (χ0n) is 11.4. The van der Waals surface area contributed by atoms with Crippen LogP contribution in [-0.2, 0) is 5.60 Å². The smallest absolute Gasteiger partial charge is 0.432 e. The highest BCUT2D eigenvalue weighted by Gasteiger charge is 2.44. The predicted molar refractivity (Wildman–Crippen MR) is 75.5 cm³/mol. The Bertz CT molecular complexity index is 717. The Hall–Kier alpha value is -2.34. The minimum Gasteiger partial charge on any atom is -0.482 e. The lowest BCUT2D eigenvalue weighted by Gasteiger charge is -2.41. The number of para-hydroxylation sites is 1. The van der Waals surface area contributed by atoms with E-state index in [1.54, 1.807) is 6.20 Å². The summed E-state index contributed by atoms with van der Waals surface area (Å²) in [6, 6.07) is 7.55. The van der Waals surface area contributed by atoms with Crippen molar-refractivity contribution < 1.29 is 14.6 Å². The number of carboxylic acid groups (broad SMARTS) is 1. The minimum absolute atomic E-state index is 0.470. The maximum atomic E-state index is 11.5. The molecule has 1 fully saturated rings. The first-order valence-electron chi connectivity index (χ1n) is 7.02. The second-order valence-electron chi connectivity index (χ2n) is 5.44. The third-order valence-corrected chi connectivity index (χ3v) is 4.30. The third kappa shape index (κ3) is 1.69. The molecule has 0 aliphatic carbocycles. The normalized spacial score (nSPS) is 18.7. The molecule has 1 saturated heterocycles. The molecule has 0 unspecified atom stereocenters. The largest absolute Gasteiger partial charge is 0.482 e. The van der Waals surface area contributed by atoms with E-state index in [1.807, 2.05) is 24.3 Å². The number of carbonyl (C=O) groups is 1. The van der Waals surface area contributed by atoms with Gasteiger partial charge in [0.2, 0.25) is 0 Å². The molecule has 0 bridgehead atoms. The Morgan fingerprint density at radius 2 is 2.10 bits per heavy atom. The van der Waals surface area contributed by atoms with Gasteiger partial charge in [-0.15, -0.1) is 0 Å². The van der Waals surface area contributed by atoms with Crippen molar-refractivity contribution in [2.24, 2.45) is 0 Å². The van der Waals surface area contributed by atoms with Crippen molar-refractivity contribution in [3.8, 4) is 17.0 Å². The van der Waals surface area contributed by atoms with Gasteiger partial charge in [-0.3, -0.25) is 0 Å². The van der Waals surface area contributed by atoms with Crippen LogP contribution in [-0.4, -0.2) is 34.1 Å². The van der Waals surface area contributed by atoms with Gasteiger partial charge in [-0.2, -0.15) is 9.78 Å². The summed E-state index contributed by atoms with van der Waals surface area (Å²) in [4.78, 5) is 11.5. The first kappa shape index (κ1) is 12.4. The Labute approximate surface area is 121 Å². The lowest BCUT2D eigenvalue weighted by Crippen LogP contribution is -2.45. The van der Waals surface area contributed by atoms with Crippen LogP contribution in [0.2, 0.25) is 0 Å². The molecule has 21 heavy (non-hydrogen) atoms. The van der Waals surface area contributed by atoms with Gasteiger partial charge in [-0.1, -0.05) is 12.1 Å². The van der Waals surface area contributed by atoms with Crippen molar-refractivity contribution in [2.75, 3.05) is 13.1 Å². The molecule has 3 heterocycles. The van der Waals surface area contributed by atoms with Gasteiger partial charge in [0.15, 0.2) is 0 Å². The number of hydrogen-bond donors (Lipinski definition) is 2. The second-order valence-corrected chi connectivity index (χ2v) is 5.44. The van der Waals surface area contributed by atoms with Gasteiger partial charge in [-0.05, 0) is 25.2 Å². The number of fused-ring (bicyclic) bond motifs is 4. The molecule has 108 valence electrons. The van der Waals surface area contributed by atoms with Gasteiger partial charge in [0.05, 0.1) is 11.9 Å². The monoisotopic (exact) mass is 285 g/mol. The Kier molecular flexibility index (Phi) is 2.56. The van der Waals surface area contributed by atoms with Gasteiger partial charge >= 0.3 is 6.09 Å². The Morgan fingerprint density at radius 1 is 1.33 bits per heavy atom. The molecular weight excluding hydrogens is 270 g/mol. The van der Waals surface area contributed by atoms with Gasteiger partial charge in [0.1, 0.15) is 11.4 Å². The molecule has 1 spiro atoms. The van der Waals surface area contributed by atoms with Crippen LogP contribution in [0, 0.1) is 0 Å². The van der Waals surface area contributed by atoms with Crippen LogP contribution < -0.4 is 10.1 Å². The third-order valence-electron chi connectivity index (χ3n) is 4.30. The van der Waals surface area contributed by atoms with Crippen LogP contribution in [0.1, 0.15) is 18.4 Å². The second kappa shape index (κ2) is 4.33. The number of ether oxygens (including phenoxy) is 1. The number of nitrogens with one attached hydrogen (secondary N) is 1. The minimum atomic E-state index is -1.07. The maximum Gasteiger partial charge on any atom is 0.432 e. The van der Waals surface area contributed by atoms with Crippen molar-refractivity contribution in [1.82, 2.24) is 15.1 Å². The van der Waals surface area contributed by atoms with Gasteiger partial charge in [0.25, 0.3) is 0 Å². The lowest BCUT2D eigenvalue weighted by atomic mass is 9.81. The Morgan fingerprint density at radius 3 is 2.86 bits per heavy atom. The summed E-state index contributed by atoms with van der Waals surface area (Å²) in [6.45, 7) is 1.69. The topological polar surface area (TPSA) is 76.4 Å². The first-order chi connectivity index (χ1) is 10.2. The molecule has 2 N–H and O–H groups in total. The van der Waals surface area contributed by atoms with E-state index >= 15 is 0 Å². The van der Waals surface area contributed by atoms with Crippen LogP contribution in [0.15, 0.2) is 30.5 Å². The van der Waals surface area contributed by atoms with Crippen LogP contribution in [0.4, 0.5) is 4.79 Å². The summed E-state index contributed by atoms with van der Waals surface area (Å²) in [5.74, 6) is 0.731. The molecule has 4 rings (SSSR count). The average molecular weight is 285 g/mol. The lowest BCUT2D eigenvalue weighted by molar-refractivity contribution is 0.0307. The fourth-order valence-corrected chi connectivity index (χ4v) is 3.30. The van der Waals surface area contributed by atoms with E-state index in [0.29, 0.717) is 5.69 Å². The molecule has 6 heteroatoms. The van der Waals surface area contributed by atoms with Gasteiger partial charge < -0.3 is 15.2 Å². The van der Waals surface area contributed by atoms with Crippen LogP contribution in [0.25, 0.3) is 11.3 Å². The van der Waals surface area contributed by atoms with Crippen molar-refractivity contribution in [3.05, 3.63) is 36.0 Å². The summed E-state index contributed by atoms with van der Waals surface area (Å²) in [7, 11) is 0. The number of aromatic nitrogens is 2. The van der Waals surface area contributed by atoms with E-state index in [-0.39, 0.29) is 0 Å².